The Labute approximate surface area is 115 Å². The number of nitro groups is 1. The molecule has 0 heterocycles. The van der Waals surface area contributed by atoms with Gasteiger partial charge in [0.2, 0.25) is 0 Å². The van der Waals surface area contributed by atoms with Crippen molar-refractivity contribution in [3.63, 3.8) is 0 Å². The van der Waals surface area contributed by atoms with Gasteiger partial charge in [0, 0.05) is 12.6 Å². The summed E-state index contributed by atoms with van der Waals surface area (Å²) in [6.45, 7) is 7.44. The summed E-state index contributed by atoms with van der Waals surface area (Å²) in [7, 11) is 0. The molecule has 6 nitrogen and oxygen atoms in total. The zero-order valence-electron chi connectivity index (χ0n) is 11.2. The van der Waals surface area contributed by atoms with Crippen molar-refractivity contribution in [3.8, 4) is 0 Å². The van der Waals surface area contributed by atoms with Crippen molar-refractivity contribution < 1.29 is 19.2 Å². The molecule has 0 fully saturated rings. The van der Waals surface area contributed by atoms with Gasteiger partial charge in [0.15, 0.2) is 5.82 Å². The van der Waals surface area contributed by atoms with Gasteiger partial charge in [-0.05, 0) is 19.9 Å². The number of rotatable bonds is 6. The first kappa shape index (κ1) is 15.6. The Morgan fingerprint density at radius 1 is 1.60 bits per heavy atom. The monoisotopic (exact) mass is 282 g/mol. The van der Waals surface area contributed by atoms with Crippen LogP contribution in [0.2, 0.25) is 0 Å². The van der Waals surface area contributed by atoms with Crippen molar-refractivity contribution in [2.45, 2.75) is 19.9 Å². The van der Waals surface area contributed by atoms with Gasteiger partial charge in [0.1, 0.15) is 5.56 Å². The fourth-order valence-electron chi connectivity index (χ4n) is 1.82. The molecular formula is C13H15FN2O4. The highest BCUT2D eigenvalue weighted by atomic mass is 19.1. The number of halogens is 1. The Morgan fingerprint density at radius 3 is 2.60 bits per heavy atom. The van der Waals surface area contributed by atoms with Crippen LogP contribution in [0.5, 0.6) is 0 Å². The minimum absolute atomic E-state index is 0.00269. The first-order valence-electron chi connectivity index (χ1n) is 5.88. The maximum absolute atomic E-state index is 14.0. The number of nitro benzene ring substituents is 1. The number of nitrogens with zero attached hydrogens (tertiary/aromatic N) is 2. The normalized spacial score (nSPS) is 10.4. The second kappa shape index (κ2) is 6.14. The van der Waals surface area contributed by atoms with Crippen molar-refractivity contribution in [2.24, 2.45) is 0 Å². The standard InChI is InChI=1S/C13H15FN2O4/c1-4-5-15(8(2)3)12-6-9(13(17)18)11(16(19)20)7-10(12)14/h4,6-8H,1,5H2,2-3H3,(H,17,18). The van der Waals surface area contributed by atoms with Crippen LogP contribution < -0.4 is 4.90 Å². The molecule has 0 radical (unpaired) electrons. The largest absolute Gasteiger partial charge is 0.477 e. The molecule has 1 aromatic carbocycles. The van der Waals surface area contributed by atoms with Gasteiger partial charge in [0.05, 0.1) is 16.7 Å². The maximum Gasteiger partial charge on any atom is 0.342 e. The van der Waals surface area contributed by atoms with Gasteiger partial charge in [-0.25, -0.2) is 9.18 Å². The number of aromatic carboxylic acids is 1. The Bertz CT molecular complexity index is 558. The molecule has 7 heteroatoms. The summed E-state index contributed by atoms with van der Waals surface area (Å²) < 4.78 is 14.0. The van der Waals surface area contributed by atoms with Crippen LogP contribution in [0.15, 0.2) is 24.8 Å². The van der Waals surface area contributed by atoms with E-state index < -0.39 is 28.0 Å². The van der Waals surface area contributed by atoms with E-state index in [0.29, 0.717) is 12.6 Å². The number of anilines is 1. The molecular weight excluding hydrogens is 267 g/mol. The molecule has 0 bridgehead atoms. The number of carboxylic acid groups (broad SMARTS) is 1. The lowest BCUT2D eigenvalue weighted by Crippen LogP contribution is -2.31. The molecule has 0 unspecified atom stereocenters. The number of carboxylic acids is 1. The van der Waals surface area contributed by atoms with Crippen molar-refractivity contribution in [1.29, 1.82) is 0 Å². The van der Waals surface area contributed by atoms with E-state index >= 15 is 0 Å². The van der Waals surface area contributed by atoms with E-state index in [9.17, 15) is 19.3 Å². The van der Waals surface area contributed by atoms with Crippen LogP contribution in [0, 0.1) is 15.9 Å². The molecule has 20 heavy (non-hydrogen) atoms. The molecule has 0 aliphatic heterocycles. The molecule has 1 N–H and O–H groups in total. The van der Waals surface area contributed by atoms with E-state index in [1.54, 1.807) is 24.8 Å². The summed E-state index contributed by atoms with van der Waals surface area (Å²) in [4.78, 5) is 22.5. The van der Waals surface area contributed by atoms with Gasteiger partial charge >= 0.3 is 5.97 Å². The van der Waals surface area contributed by atoms with Crippen molar-refractivity contribution >= 4 is 17.3 Å². The van der Waals surface area contributed by atoms with Crippen LogP contribution in [-0.2, 0) is 0 Å². The van der Waals surface area contributed by atoms with E-state index in [-0.39, 0.29) is 11.7 Å². The molecule has 0 aromatic heterocycles. The van der Waals surface area contributed by atoms with E-state index in [1.807, 2.05) is 0 Å². The van der Waals surface area contributed by atoms with Crippen LogP contribution in [0.1, 0.15) is 24.2 Å². The van der Waals surface area contributed by atoms with Gasteiger partial charge in [-0.1, -0.05) is 6.08 Å². The highest BCUT2D eigenvalue weighted by Crippen LogP contribution is 2.29. The molecule has 0 amide bonds. The predicted octanol–water partition coefficient (Wildman–Crippen LogP) is 2.83. The fourth-order valence-corrected chi connectivity index (χ4v) is 1.82. The van der Waals surface area contributed by atoms with Crippen molar-refractivity contribution in [2.75, 3.05) is 11.4 Å². The summed E-state index contributed by atoms with van der Waals surface area (Å²) in [6.07, 6.45) is 1.54. The summed E-state index contributed by atoms with van der Waals surface area (Å²) >= 11 is 0. The lowest BCUT2D eigenvalue weighted by Gasteiger charge is -2.28. The average molecular weight is 282 g/mol. The minimum atomic E-state index is -1.47. The molecule has 0 atom stereocenters. The molecule has 1 rings (SSSR count). The molecule has 0 saturated heterocycles. The van der Waals surface area contributed by atoms with Crippen LogP contribution in [0.3, 0.4) is 0 Å². The Kier molecular flexibility index (Phi) is 4.79. The van der Waals surface area contributed by atoms with Crippen LogP contribution in [0.4, 0.5) is 15.8 Å². The van der Waals surface area contributed by atoms with Gasteiger partial charge in [-0.2, -0.15) is 0 Å². The molecule has 0 aliphatic carbocycles. The van der Waals surface area contributed by atoms with Crippen molar-refractivity contribution in [1.82, 2.24) is 0 Å². The second-order valence-corrected chi connectivity index (χ2v) is 4.42. The minimum Gasteiger partial charge on any atom is -0.477 e. The van der Waals surface area contributed by atoms with Crippen molar-refractivity contribution in [3.05, 3.63) is 46.3 Å². The summed E-state index contributed by atoms with van der Waals surface area (Å²) in [6, 6.07) is 1.50. The second-order valence-electron chi connectivity index (χ2n) is 4.42. The third kappa shape index (κ3) is 3.11. The third-order valence-electron chi connectivity index (χ3n) is 2.75. The lowest BCUT2D eigenvalue weighted by atomic mass is 10.1. The quantitative estimate of drug-likeness (QED) is 0.492. The van der Waals surface area contributed by atoms with Gasteiger partial charge in [0.25, 0.3) is 5.69 Å². The summed E-state index contributed by atoms with van der Waals surface area (Å²) in [5.74, 6) is -2.31. The number of hydrogen-bond donors (Lipinski definition) is 1. The van der Waals surface area contributed by atoms with Gasteiger partial charge < -0.3 is 10.0 Å². The SMILES string of the molecule is C=CCN(c1cc(C(=O)O)c([N+](=O)[O-])cc1F)C(C)C. The maximum atomic E-state index is 14.0. The number of benzene rings is 1. The number of hydrogen-bond acceptors (Lipinski definition) is 4. The van der Waals surface area contributed by atoms with Crippen LogP contribution >= 0.6 is 0 Å². The van der Waals surface area contributed by atoms with Crippen LogP contribution in [0.25, 0.3) is 0 Å². The Balaban J connectivity index is 3.48. The van der Waals surface area contributed by atoms with E-state index in [0.717, 1.165) is 6.07 Å². The average Bonchev–Trinajstić information content (AvgIpc) is 2.35. The Morgan fingerprint density at radius 2 is 2.20 bits per heavy atom. The Hall–Kier alpha value is -2.44. The molecule has 0 spiro atoms. The zero-order chi connectivity index (χ0) is 15.4. The first-order chi connectivity index (χ1) is 9.29. The van der Waals surface area contributed by atoms with Gasteiger partial charge in [-0.15, -0.1) is 6.58 Å². The van der Waals surface area contributed by atoms with Crippen LogP contribution in [-0.4, -0.2) is 28.6 Å². The third-order valence-corrected chi connectivity index (χ3v) is 2.75. The molecule has 0 saturated carbocycles. The topological polar surface area (TPSA) is 83.7 Å². The fraction of sp³-hybridized carbons (Fsp3) is 0.308. The van der Waals surface area contributed by atoms with E-state index in [4.69, 9.17) is 5.11 Å². The highest BCUT2D eigenvalue weighted by Gasteiger charge is 2.25. The summed E-state index contributed by atoms with van der Waals surface area (Å²) in [5.41, 5.74) is -1.30. The first-order valence-corrected chi connectivity index (χ1v) is 5.88. The zero-order valence-corrected chi connectivity index (χ0v) is 11.2. The van der Waals surface area contributed by atoms with E-state index in [2.05, 4.69) is 6.58 Å². The van der Waals surface area contributed by atoms with E-state index in [1.165, 1.54) is 0 Å². The molecule has 0 aliphatic rings. The predicted molar refractivity (Wildman–Crippen MR) is 72.7 cm³/mol. The molecule has 1 aromatic rings. The summed E-state index contributed by atoms with van der Waals surface area (Å²) in [5, 5.41) is 19.8. The number of carbonyl (C=O) groups is 1. The lowest BCUT2D eigenvalue weighted by molar-refractivity contribution is -0.385. The molecule has 108 valence electrons. The highest BCUT2D eigenvalue weighted by molar-refractivity contribution is 5.93. The van der Waals surface area contributed by atoms with Gasteiger partial charge in [-0.3, -0.25) is 10.1 Å². The smallest absolute Gasteiger partial charge is 0.342 e.